The van der Waals surface area contributed by atoms with Gasteiger partial charge in [-0.2, -0.15) is 0 Å². The van der Waals surface area contributed by atoms with E-state index in [2.05, 4.69) is 6.58 Å². The summed E-state index contributed by atoms with van der Waals surface area (Å²) in [5.74, 6) is 0.722. The Kier molecular flexibility index (Phi) is 9.99. The lowest BCUT2D eigenvalue weighted by Crippen LogP contribution is -2.12. The molecule has 0 spiro atoms. The molecule has 0 saturated heterocycles. The zero-order chi connectivity index (χ0) is 15.2. The van der Waals surface area contributed by atoms with Crippen molar-refractivity contribution in [3.8, 4) is 5.75 Å². The van der Waals surface area contributed by atoms with Crippen LogP contribution in [0.25, 0.3) is 0 Å². The third-order valence-electron chi connectivity index (χ3n) is 2.49. The maximum absolute atomic E-state index is 10.5. The monoisotopic (exact) mass is 294 g/mol. The Morgan fingerprint density at radius 1 is 0.857 bits per heavy atom. The Labute approximate surface area is 125 Å². The van der Waals surface area contributed by atoms with E-state index in [0.717, 1.165) is 12.0 Å². The van der Waals surface area contributed by atoms with Gasteiger partial charge in [-0.05, 0) is 24.3 Å². The summed E-state index contributed by atoms with van der Waals surface area (Å²) in [6.07, 6.45) is 2.50. The van der Waals surface area contributed by atoms with E-state index in [-0.39, 0.29) is 0 Å². The molecule has 21 heavy (non-hydrogen) atoms. The average Bonchev–Trinajstić information content (AvgIpc) is 2.53. The first-order chi connectivity index (χ1) is 10.4. The molecule has 0 aliphatic heterocycles. The van der Waals surface area contributed by atoms with Crippen LogP contribution >= 0.6 is 0 Å². The molecule has 0 aliphatic carbocycles. The molecule has 1 aromatic carbocycles. The summed E-state index contributed by atoms with van der Waals surface area (Å²) in [4.78, 5) is 10.5. The Hall–Kier alpha value is -1.69. The van der Waals surface area contributed by atoms with Gasteiger partial charge in [-0.1, -0.05) is 6.08 Å². The van der Waals surface area contributed by atoms with Crippen LogP contribution in [0, 0.1) is 0 Å². The van der Waals surface area contributed by atoms with Crippen LogP contribution in [0.3, 0.4) is 0 Å². The van der Waals surface area contributed by atoms with E-state index in [1.54, 1.807) is 30.3 Å². The highest BCUT2D eigenvalue weighted by molar-refractivity contribution is 5.74. The lowest BCUT2D eigenvalue weighted by molar-refractivity contribution is 0.0135. The van der Waals surface area contributed by atoms with Crippen LogP contribution in [0.1, 0.15) is 10.4 Å². The number of rotatable bonds is 13. The molecule has 0 aromatic heterocycles. The molecule has 0 N–H and O–H groups in total. The minimum atomic E-state index is 0.461. The smallest absolute Gasteiger partial charge is 0.150 e. The summed E-state index contributed by atoms with van der Waals surface area (Å²) in [5, 5.41) is 0. The van der Waals surface area contributed by atoms with E-state index in [1.807, 2.05) is 0 Å². The van der Waals surface area contributed by atoms with Crippen LogP contribution in [-0.4, -0.2) is 52.5 Å². The minimum absolute atomic E-state index is 0.461. The highest BCUT2D eigenvalue weighted by Gasteiger charge is 1.95. The second kappa shape index (κ2) is 12.1. The molecule has 5 heteroatoms. The number of hydrogen-bond donors (Lipinski definition) is 0. The molecule has 0 radical (unpaired) electrons. The topological polar surface area (TPSA) is 54.0 Å². The maximum Gasteiger partial charge on any atom is 0.150 e. The number of ether oxygens (including phenoxy) is 4. The fourth-order valence-electron chi connectivity index (χ4n) is 1.47. The van der Waals surface area contributed by atoms with Crippen LogP contribution in [0.5, 0.6) is 5.75 Å². The van der Waals surface area contributed by atoms with Gasteiger partial charge in [0.25, 0.3) is 0 Å². The van der Waals surface area contributed by atoms with Gasteiger partial charge in [0.1, 0.15) is 18.6 Å². The van der Waals surface area contributed by atoms with E-state index < -0.39 is 0 Å². The van der Waals surface area contributed by atoms with Crippen molar-refractivity contribution in [3.63, 3.8) is 0 Å². The summed E-state index contributed by atoms with van der Waals surface area (Å²) in [5.41, 5.74) is 0.632. The van der Waals surface area contributed by atoms with Crippen molar-refractivity contribution in [1.82, 2.24) is 0 Å². The van der Waals surface area contributed by atoms with Crippen molar-refractivity contribution in [1.29, 1.82) is 0 Å². The van der Waals surface area contributed by atoms with Crippen molar-refractivity contribution >= 4 is 6.29 Å². The van der Waals surface area contributed by atoms with Gasteiger partial charge in [0.15, 0.2) is 0 Å². The maximum atomic E-state index is 10.5. The first kappa shape index (κ1) is 17.4. The molecule has 0 saturated carbocycles. The highest BCUT2D eigenvalue weighted by Crippen LogP contribution is 2.10. The summed E-state index contributed by atoms with van der Waals surface area (Å²) in [6.45, 7) is 7.22. The molecule has 116 valence electrons. The van der Waals surface area contributed by atoms with E-state index in [4.69, 9.17) is 18.9 Å². The van der Waals surface area contributed by atoms with Gasteiger partial charge >= 0.3 is 0 Å². The third kappa shape index (κ3) is 8.96. The second-order valence-corrected chi connectivity index (χ2v) is 4.12. The molecule has 0 unspecified atom stereocenters. The largest absolute Gasteiger partial charge is 0.491 e. The molecule has 5 nitrogen and oxygen atoms in total. The quantitative estimate of drug-likeness (QED) is 0.317. The Morgan fingerprint density at radius 3 is 2.00 bits per heavy atom. The first-order valence-corrected chi connectivity index (χ1v) is 6.89. The zero-order valence-corrected chi connectivity index (χ0v) is 12.2. The van der Waals surface area contributed by atoms with Crippen molar-refractivity contribution < 1.29 is 23.7 Å². The van der Waals surface area contributed by atoms with Crippen LogP contribution in [0.15, 0.2) is 36.9 Å². The van der Waals surface area contributed by atoms with E-state index in [0.29, 0.717) is 51.8 Å². The summed E-state index contributed by atoms with van der Waals surface area (Å²) < 4.78 is 21.3. The first-order valence-electron chi connectivity index (χ1n) is 6.89. The SMILES string of the molecule is C=CCOCCOCCOCCOc1ccc(C=O)cc1. The fraction of sp³-hybridized carbons (Fsp3) is 0.438. The van der Waals surface area contributed by atoms with Crippen molar-refractivity contribution in [2.45, 2.75) is 0 Å². The van der Waals surface area contributed by atoms with Crippen molar-refractivity contribution in [3.05, 3.63) is 42.5 Å². The van der Waals surface area contributed by atoms with Crippen molar-refractivity contribution in [2.24, 2.45) is 0 Å². The minimum Gasteiger partial charge on any atom is -0.491 e. The van der Waals surface area contributed by atoms with Crippen molar-refractivity contribution in [2.75, 3.05) is 46.2 Å². The van der Waals surface area contributed by atoms with Crippen LogP contribution < -0.4 is 4.74 Å². The van der Waals surface area contributed by atoms with Gasteiger partial charge < -0.3 is 18.9 Å². The molecule has 0 bridgehead atoms. The number of hydrogen-bond acceptors (Lipinski definition) is 5. The Bertz CT molecular complexity index is 388. The van der Waals surface area contributed by atoms with Gasteiger partial charge in [-0.15, -0.1) is 6.58 Å². The number of carbonyl (C=O) groups excluding carboxylic acids is 1. The number of benzene rings is 1. The molecule has 0 aliphatic rings. The summed E-state index contributed by atoms with van der Waals surface area (Å²) >= 11 is 0. The summed E-state index contributed by atoms with van der Waals surface area (Å²) in [7, 11) is 0. The molecule has 0 fully saturated rings. The normalized spacial score (nSPS) is 10.3. The van der Waals surface area contributed by atoms with E-state index in [1.165, 1.54) is 0 Å². The fourth-order valence-corrected chi connectivity index (χ4v) is 1.47. The summed E-state index contributed by atoms with van der Waals surface area (Å²) in [6, 6.07) is 6.95. The Balaban J connectivity index is 1.90. The van der Waals surface area contributed by atoms with Gasteiger partial charge in [0.05, 0.1) is 39.6 Å². The molecular formula is C16H22O5. The lowest BCUT2D eigenvalue weighted by atomic mass is 10.2. The average molecular weight is 294 g/mol. The van der Waals surface area contributed by atoms with Gasteiger partial charge in [0.2, 0.25) is 0 Å². The highest BCUT2D eigenvalue weighted by atomic mass is 16.6. The second-order valence-electron chi connectivity index (χ2n) is 4.12. The molecule has 1 aromatic rings. The zero-order valence-electron chi connectivity index (χ0n) is 12.2. The Morgan fingerprint density at radius 2 is 1.43 bits per heavy atom. The molecule has 0 atom stereocenters. The van der Waals surface area contributed by atoms with E-state index >= 15 is 0 Å². The molecular weight excluding hydrogens is 272 g/mol. The standard InChI is InChI=1S/C16H22O5/c1-2-7-18-8-9-19-10-11-20-12-13-21-16-5-3-15(14-17)4-6-16/h2-6,14H,1,7-13H2. The van der Waals surface area contributed by atoms with Crippen LogP contribution in [0.4, 0.5) is 0 Å². The van der Waals surface area contributed by atoms with Gasteiger partial charge in [0, 0.05) is 5.56 Å². The number of carbonyl (C=O) groups is 1. The predicted molar refractivity (Wildman–Crippen MR) is 80.0 cm³/mol. The number of aldehydes is 1. The third-order valence-corrected chi connectivity index (χ3v) is 2.49. The van der Waals surface area contributed by atoms with E-state index in [9.17, 15) is 4.79 Å². The van der Waals surface area contributed by atoms with Gasteiger partial charge in [-0.25, -0.2) is 0 Å². The van der Waals surface area contributed by atoms with Gasteiger partial charge in [-0.3, -0.25) is 4.79 Å². The molecule has 1 rings (SSSR count). The molecule has 0 heterocycles. The van der Waals surface area contributed by atoms with Crippen LogP contribution in [0.2, 0.25) is 0 Å². The van der Waals surface area contributed by atoms with Crippen LogP contribution in [-0.2, 0) is 14.2 Å². The molecule has 0 amide bonds. The lowest BCUT2D eigenvalue weighted by Gasteiger charge is -2.08. The predicted octanol–water partition coefficient (Wildman–Crippen LogP) is 2.11.